The van der Waals surface area contributed by atoms with Gasteiger partial charge in [-0.15, -0.1) is 0 Å². The number of aromatic nitrogens is 2. The van der Waals surface area contributed by atoms with Crippen LogP contribution in [0.15, 0.2) is 16.9 Å². The van der Waals surface area contributed by atoms with E-state index in [9.17, 15) is 14.9 Å². The Morgan fingerprint density at radius 1 is 1.21 bits per heavy atom. The van der Waals surface area contributed by atoms with Crippen LogP contribution in [-0.2, 0) is 4.79 Å². The third kappa shape index (κ3) is 3.32. The van der Waals surface area contributed by atoms with E-state index in [1.165, 1.54) is 0 Å². The fraction of sp³-hybridized carbons (Fsp3) is 0.619. The lowest BCUT2D eigenvalue weighted by Gasteiger charge is -2.37. The topological polar surface area (TPSA) is 102 Å². The van der Waals surface area contributed by atoms with Crippen LogP contribution in [0.3, 0.4) is 0 Å². The van der Waals surface area contributed by atoms with Crippen LogP contribution < -0.4 is 15.8 Å². The average molecular weight is 381 g/mol. The second kappa shape index (κ2) is 7.42. The molecule has 3 aliphatic rings. The van der Waals surface area contributed by atoms with E-state index < -0.39 is 11.8 Å². The lowest BCUT2D eigenvalue weighted by molar-refractivity contribution is -0.119. The summed E-state index contributed by atoms with van der Waals surface area (Å²) < 4.78 is 0. The van der Waals surface area contributed by atoms with Gasteiger partial charge in [0.05, 0.1) is 11.6 Å². The van der Waals surface area contributed by atoms with Crippen LogP contribution in [0.4, 0.5) is 11.8 Å². The van der Waals surface area contributed by atoms with Gasteiger partial charge in [0.1, 0.15) is 11.7 Å². The maximum absolute atomic E-state index is 13.1. The second-order valence-corrected chi connectivity index (χ2v) is 8.67. The molecule has 7 nitrogen and oxygen atoms in total. The summed E-state index contributed by atoms with van der Waals surface area (Å²) in [5.74, 6) is 0.368. The summed E-state index contributed by atoms with van der Waals surface area (Å²) in [6.45, 7) is 6.06. The summed E-state index contributed by atoms with van der Waals surface area (Å²) in [5, 5.41) is 12.4. The van der Waals surface area contributed by atoms with Crippen molar-refractivity contribution in [3.05, 3.63) is 28.1 Å². The van der Waals surface area contributed by atoms with Crippen molar-refractivity contribution in [2.75, 3.05) is 23.3 Å². The summed E-state index contributed by atoms with van der Waals surface area (Å²) >= 11 is 0. The molecule has 0 spiro atoms. The molecule has 5 atom stereocenters. The summed E-state index contributed by atoms with van der Waals surface area (Å²) in [6, 6.07) is 2.13. The number of carbonyl (C=O) groups is 1. The van der Waals surface area contributed by atoms with Gasteiger partial charge in [0.2, 0.25) is 11.9 Å². The van der Waals surface area contributed by atoms with Gasteiger partial charge in [-0.3, -0.25) is 14.6 Å². The molecule has 1 aromatic rings. The number of aromatic amines is 1. The number of piperidine rings is 1. The molecule has 0 bridgehead atoms. The van der Waals surface area contributed by atoms with E-state index in [4.69, 9.17) is 0 Å². The third-order valence-electron chi connectivity index (χ3n) is 6.28. The normalized spacial score (nSPS) is 32.4. The smallest absolute Gasteiger partial charge is 0.257 e. The highest BCUT2D eigenvalue weighted by atomic mass is 16.2. The zero-order valence-electron chi connectivity index (χ0n) is 16.4. The number of anilines is 2. The number of nitrogens with one attached hydrogen (secondary N) is 2. The first-order valence-corrected chi connectivity index (χ1v) is 10.2. The van der Waals surface area contributed by atoms with E-state index >= 15 is 0 Å². The Morgan fingerprint density at radius 2 is 1.96 bits per heavy atom. The number of rotatable bonds is 2. The van der Waals surface area contributed by atoms with Gasteiger partial charge in [0, 0.05) is 19.0 Å². The van der Waals surface area contributed by atoms with Crippen LogP contribution in [0.2, 0.25) is 0 Å². The molecule has 1 amide bonds. The predicted octanol–water partition coefficient (Wildman–Crippen LogP) is 2.78. The minimum atomic E-state index is -0.854. The second-order valence-electron chi connectivity index (χ2n) is 8.67. The van der Waals surface area contributed by atoms with Crippen molar-refractivity contribution < 1.29 is 4.79 Å². The summed E-state index contributed by atoms with van der Waals surface area (Å²) in [5.41, 5.74) is 0.235. The number of hydrogen-bond acceptors (Lipinski definition) is 5. The molecule has 0 radical (unpaired) electrons. The molecule has 0 saturated carbocycles. The molecular weight excluding hydrogens is 354 g/mol. The lowest BCUT2D eigenvalue weighted by atomic mass is 9.71. The Morgan fingerprint density at radius 3 is 2.61 bits per heavy atom. The number of fused-ring (bicyclic) bond motifs is 1. The average Bonchev–Trinajstić information content (AvgIpc) is 2.66. The Labute approximate surface area is 164 Å². The van der Waals surface area contributed by atoms with Crippen molar-refractivity contribution in [1.82, 2.24) is 9.97 Å². The molecule has 1 aliphatic carbocycles. The maximum atomic E-state index is 13.1. The van der Waals surface area contributed by atoms with Crippen molar-refractivity contribution >= 4 is 17.7 Å². The molecule has 1 fully saturated rings. The third-order valence-corrected chi connectivity index (χ3v) is 6.28. The van der Waals surface area contributed by atoms with Gasteiger partial charge in [0.15, 0.2) is 0 Å². The first-order chi connectivity index (χ1) is 13.5. The molecule has 28 heavy (non-hydrogen) atoms. The number of H-pyrrole nitrogens is 1. The monoisotopic (exact) mass is 381 g/mol. The number of amides is 1. The zero-order chi connectivity index (χ0) is 19.8. The minimum absolute atomic E-state index is 0.100. The van der Waals surface area contributed by atoms with Crippen LogP contribution >= 0.6 is 0 Å². The predicted molar refractivity (Wildman–Crippen MR) is 107 cm³/mol. The molecule has 3 heterocycles. The largest absolute Gasteiger partial charge is 0.342 e. The minimum Gasteiger partial charge on any atom is -0.342 e. The van der Waals surface area contributed by atoms with Crippen LogP contribution in [0.25, 0.3) is 0 Å². The van der Waals surface area contributed by atoms with E-state index in [2.05, 4.69) is 52.3 Å². The summed E-state index contributed by atoms with van der Waals surface area (Å²) in [6.07, 6.45) is 7.91. The molecule has 1 saturated heterocycles. The molecule has 2 aliphatic heterocycles. The Bertz CT molecular complexity index is 889. The molecule has 7 heteroatoms. The Balaban J connectivity index is 1.75. The standard InChI is InChI=1S/C21H27N5O2/c1-12-8-13(2)11-26(10-12)21-24-18-17(20(28)25-21)16(14-6-4-3-5-7-14)15(9-22)19(27)23-18/h3-4,12-16H,5-8,10-11H2,1-2H3,(H2,23,24,25,27,28). The quantitative estimate of drug-likeness (QED) is 0.767. The molecule has 148 valence electrons. The fourth-order valence-corrected chi connectivity index (χ4v) is 5.17. The zero-order valence-corrected chi connectivity index (χ0v) is 16.4. The number of nitrogens with zero attached hydrogens (tertiary/aromatic N) is 3. The van der Waals surface area contributed by atoms with Crippen LogP contribution in [0.5, 0.6) is 0 Å². The van der Waals surface area contributed by atoms with E-state index in [1.807, 2.05) is 0 Å². The molecule has 2 N–H and O–H groups in total. The van der Waals surface area contributed by atoms with Gasteiger partial charge >= 0.3 is 0 Å². The van der Waals surface area contributed by atoms with E-state index in [0.29, 0.717) is 29.2 Å². The Hall–Kier alpha value is -2.62. The van der Waals surface area contributed by atoms with E-state index in [0.717, 1.165) is 38.8 Å². The van der Waals surface area contributed by atoms with Gasteiger partial charge in [-0.25, -0.2) is 0 Å². The number of allylic oxidation sites excluding steroid dienone is 2. The van der Waals surface area contributed by atoms with Crippen LogP contribution in [0.1, 0.15) is 51.0 Å². The van der Waals surface area contributed by atoms with Gasteiger partial charge in [-0.1, -0.05) is 26.0 Å². The van der Waals surface area contributed by atoms with E-state index in [1.54, 1.807) is 0 Å². The van der Waals surface area contributed by atoms with Gasteiger partial charge < -0.3 is 10.2 Å². The highest BCUT2D eigenvalue weighted by molar-refractivity contribution is 5.97. The van der Waals surface area contributed by atoms with E-state index in [-0.39, 0.29) is 17.4 Å². The molecule has 4 rings (SSSR count). The molecule has 0 aromatic carbocycles. The number of nitriles is 1. The first-order valence-electron chi connectivity index (χ1n) is 10.2. The highest BCUT2D eigenvalue weighted by Crippen LogP contribution is 2.43. The summed E-state index contributed by atoms with van der Waals surface area (Å²) in [4.78, 5) is 35.4. The van der Waals surface area contributed by atoms with Crippen molar-refractivity contribution in [2.45, 2.75) is 45.4 Å². The number of carbonyl (C=O) groups excluding carboxylic acids is 1. The number of hydrogen-bond donors (Lipinski definition) is 2. The van der Waals surface area contributed by atoms with Crippen LogP contribution in [-0.4, -0.2) is 29.0 Å². The van der Waals surface area contributed by atoms with Crippen molar-refractivity contribution in [3.63, 3.8) is 0 Å². The van der Waals surface area contributed by atoms with Crippen LogP contribution in [0, 0.1) is 35.0 Å². The van der Waals surface area contributed by atoms with Gasteiger partial charge in [-0.2, -0.15) is 10.2 Å². The lowest BCUT2D eigenvalue weighted by Crippen LogP contribution is -2.44. The van der Waals surface area contributed by atoms with Crippen molar-refractivity contribution in [2.24, 2.45) is 23.7 Å². The van der Waals surface area contributed by atoms with Crippen molar-refractivity contribution in [1.29, 1.82) is 5.26 Å². The maximum Gasteiger partial charge on any atom is 0.257 e. The highest BCUT2D eigenvalue weighted by Gasteiger charge is 2.43. The van der Waals surface area contributed by atoms with Gasteiger partial charge in [-0.05, 0) is 43.4 Å². The van der Waals surface area contributed by atoms with Crippen molar-refractivity contribution in [3.8, 4) is 6.07 Å². The fourth-order valence-electron chi connectivity index (χ4n) is 5.17. The summed E-state index contributed by atoms with van der Waals surface area (Å²) in [7, 11) is 0. The SMILES string of the molecule is CC1CC(C)CN(c2nc3c(c(=O)[nH]2)C(C2CC=CCC2)C(C#N)C(=O)N3)C1. The Kier molecular flexibility index (Phi) is 4.96. The molecule has 1 aromatic heterocycles. The molecule has 5 unspecified atom stereocenters. The first kappa shape index (κ1) is 18.7. The van der Waals surface area contributed by atoms with Gasteiger partial charge in [0.25, 0.3) is 5.56 Å². The molecular formula is C21H27N5O2.